The minimum absolute atomic E-state index is 0.446. The number of para-hydroxylation sites is 1. The van der Waals surface area contributed by atoms with Gasteiger partial charge in [-0.05, 0) is 50.8 Å². The first-order chi connectivity index (χ1) is 8.85. The van der Waals surface area contributed by atoms with Crippen LogP contribution in [0.2, 0.25) is 0 Å². The first-order valence-corrected chi connectivity index (χ1v) is 6.83. The molecule has 2 heteroatoms. The molecule has 1 aliphatic carbocycles. The van der Waals surface area contributed by atoms with Crippen molar-refractivity contribution >= 4 is 0 Å². The van der Waals surface area contributed by atoms with Crippen molar-refractivity contribution in [3.05, 3.63) is 41.5 Å². The Balaban J connectivity index is 2.12. The Bertz CT molecular complexity index is 411. The van der Waals surface area contributed by atoms with Gasteiger partial charge >= 0.3 is 0 Å². The van der Waals surface area contributed by atoms with Crippen LogP contribution in [0.4, 0.5) is 0 Å². The van der Waals surface area contributed by atoms with E-state index in [1.165, 1.54) is 31.2 Å². The number of ether oxygens (including phenoxy) is 1. The third-order valence-electron chi connectivity index (χ3n) is 3.74. The molecule has 0 aliphatic heterocycles. The third kappa shape index (κ3) is 3.14. The number of hydrogen-bond donors (Lipinski definition) is 1. The fourth-order valence-electron chi connectivity index (χ4n) is 2.69. The molecule has 18 heavy (non-hydrogen) atoms. The highest BCUT2D eigenvalue weighted by Gasteiger charge is 2.16. The monoisotopic (exact) mass is 245 g/mol. The molecule has 0 radical (unpaired) electrons. The Morgan fingerprint density at radius 3 is 2.78 bits per heavy atom. The van der Waals surface area contributed by atoms with E-state index in [0.717, 1.165) is 12.2 Å². The molecule has 98 valence electrons. The van der Waals surface area contributed by atoms with Crippen molar-refractivity contribution in [3.8, 4) is 5.75 Å². The van der Waals surface area contributed by atoms with Crippen molar-refractivity contribution < 1.29 is 4.74 Å². The number of rotatable bonds is 5. The van der Waals surface area contributed by atoms with E-state index in [4.69, 9.17) is 4.74 Å². The van der Waals surface area contributed by atoms with Gasteiger partial charge in [0.1, 0.15) is 5.75 Å². The maximum absolute atomic E-state index is 5.43. The fourth-order valence-corrected chi connectivity index (χ4v) is 2.69. The van der Waals surface area contributed by atoms with Crippen molar-refractivity contribution in [2.75, 3.05) is 14.2 Å². The average Bonchev–Trinajstić information content (AvgIpc) is 2.46. The Morgan fingerprint density at radius 1 is 1.28 bits per heavy atom. The van der Waals surface area contributed by atoms with Gasteiger partial charge in [-0.2, -0.15) is 0 Å². The van der Waals surface area contributed by atoms with Crippen LogP contribution >= 0.6 is 0 Å². The summed E-state index contributed by atoms with van der Waals surface area (Å²) in [7, 11) is 3.79. The smallest absolute Gasteiger partial charge is 0.122 e. The second-order valence-electron chi connectivity index (χ2n) is 4.88. The van der Waals surface area contributed by atoms with Crippen molar-refractivity contribution in [1.82, 2.24) is 5.32 Å². The molecule has 1 atom stereocenters. The molecule has 0 fully saturated rings. The summed E-state index contributed by atoms with van der Waals surface area (Å²) in [6.07, 6.45) is 8.57. The van der Waals surface area contributed by atoms with Gasteiger partial charge in [0.25, 0.3) is 0 Å². The first-order valence-electron chi connectivity index (χ1n) is 6.83. The first kappa shape index (κ1) is 13.2. The normalized spacial score (nSPS) is 17.1. The van der Waals surface area contributed by atoms with Crippen molar-refractivity contribution in [2.24, 2.45) is 0 Å². The third-order valence-corrected chi connectivity index (χ3v) is 3.74. The maximum Gasteiger partial charge on any atom is 0.122 e. The van der Waals surface area contributed by atoms with E-state index in [9.17, 15) is 0 Å². The molecule has 1 unspecified atom stereocenters. The molecule has 1 aliphatic rings. The zero-order chi connectivity index (χ0) is 12.8. The second-order valence-corrected chi connectivity index (χ2v) is 4.88. The lowest BCUT2D eigenvalue weighted by Gasteiger charge is -2.23. The molecule has 0 bridgehead atoms. The summed E-state index contributed by atoms with van der Waals surface area (Å²) in [4.78, 5) is 0. The van der Waals surface area contributed by atoms with Gasteiger partial charge in [0, 0.05) is 6.04 Å². The largest absolute Gasteiger partial charge is 0.496 e. The second kappa shape index (κ2) is 6.60. The van der Waals surface area contributed by atoms with E-state index < -0.39 is 0 Å². The molecule has 1 N–H and O–H groups in total. The van der Waals surface area contributed by atoms with Crippen LogP contribution in [0.15, 0.2) is 35.9 Å². The zero-order valence-corrected chi connectivity index (χ0v) is 11.4. The highest BCUT2D eigenvalue weighted by molar-refractivity contribution is 5.35. The Morgan fingerprint density at radius 2 is 2.11 bits per heavy atom. The van der Waals surface area contributed by atoms with Gasteiger partial charge in [-0.25, -0.2) is 0 Å². The summed E-state index contributed by atoms with van der Waals surface area (Å²) in [5.74, 6) is 0.995. The quantitative estimate of drug-likeness (QED) is 0.803. The number of nitrogens with one attached hydrogen (secondary N) is 1. The molecular formula is C16H23NO. The summed E-state index contributed by atoms with van der Waals surface area (Å²) >= 11 is 0. The Hall–Kier alpha value is -1.28. The zero-order valence-electron chi connectivity index (χ0n) is 11.4. The van der Waals surface area contributed by atoms with E-state index in [1.54, 1.807) is 12.7 Å². The molecule has 0 saturated heterocycles. The number of methoxy groups -OCH3 is 1. The van der Waals surface area contributed by atoms with Crippen LogP contribution in [0.5, 0.6) is 5.75 Å². The van der Waals surface area contributed by atoms with Crippen LogP contribution < -0.4 is 10.1 Å². The molecule has 0 saturated carbocycles. The summed E-state index contributed by atoms with van der Waals surface area (Å²) in [6.45, 7) is 0. The lowest BCUT2D eigenvalue weighted by molar-refractivity contribution is 0.407. The van der Waals surface area contributed by atoms with Gasteiger partial charge in [0.2, 0.25) is 0 Å². The Kier molecular flexibility index (Phi) is 4.82. The molecule has 2 nitrogen and oxygen atoms in total. The fraction of sp³-hybridized carbons (Fsp3) is 0.500. The van der Waals surface area contributed by atoms with Gasteiger partial charge in [-0.15, -0.1) is 0 Å². The van der Waals surface area contributed by atoms with Crippen LogP contribution in [-0.4, -0.2) is 20.2 Å². The van der Waals surface area contributed by atoms with Crippen molar-refractivity contribution in [2.45, 2.75) is 38.1 Å². The molecular weight excluding hydrogens is 222 g/mol. The summed E-state index contributed by atoms with van der Waals surface area (Å²) in [5.41, 5.74) is 2.85. The summed E-state index contributed by atoms with van der Waals surface area (Å²) in [5, 5.41) is 3.45. The molecule has 0 aromatic heterocycles. The predicted octanol–water partition coefficient (Wildman–Crippen LogP) is 3.33. The topological polar surface area (TPSA) is 21.3 Å². The molecule has 1 aromatic rings. The van der Waals surface area contributed by atoms with Crippen LogP contribution in [0.25, 0.3) is 0 Å². The molecule has 0 spiro atoms. The van der Waals surface area contributed by atoms with E-state index in [-0.39, 0.29) is 0 Å². The molecule has 0 amide bonds. The van der Waals surface area contributed by atoms with E-state index in [1.807, 2.05) is 12.1 Å². The number of benzene rings is 1. The van der Waals surface area contributed by atoms with Crippen molar-refractivity contribution in [1.29, 1.82) is 0 Å². The van der Waals surface area contributed by atoms with E-state index in [2.05, 4.69) is 30.6 Å². The van der Waals surface area contributed by atoms with Crippen LogP contribution in [0, 0.1) is 0 Å². The maximum atomic E-state index is 5.43. The van der Waals surface area contributed by atoms with Crippen LogP contribution in [-0.2, 0) is 6.42 Å². The number of hydrogen-bond acceptors (Lipinski definition) is 2. The molecule has 1 aromatic carbocycles. The summed E-state index contributed by atoms with van der Waals surface area (Å²) < 4.78 is 5.43. The van der Waals surface area contributed by atoms with Crippen LogP contribution in [0.3, 0.4) is 0 Å². The highest BCUT2D eigenvalue weighted by atomic mass is 16.5. The predicted molar refractivity (Wildman–Crippen MR) is 76.1 cm³/mol. The molecule has 2 rings (SSSR count). The summed E-state index contributed by atoms with van der Waals surface area (Å²) in [6, 6.07) is 8.75. The van der Waals surface area contributed by atoms with E-state index in [0.29, 0.717) is 6.04 Å². The average molecular weight is 245 g/mol. The highest BCUT2D eigenvalue weighted by Crippen LogP contribution is 2.25. The van der Waals surface area contributed by atoms with Gasteiger partial charge in [-0.1, -0.05) is 29.8 Å². The number of likely N-dealkylation sites (N-methyl/N-ethyl adjacent to an activating group) is 1. The minimum atomic E-state index is 0.446. The number of allylic oxidation sites excluding steroid dienone is 1. The standard InChI is InChI=1S/C16H23NO/c1-17-15(13-8-4-3-5-9-13)12-14-10-6-7-11-16(14)18-2/h6-8,10-11,15,17H,3-5,9,12H2,1-2H3. The van der Waals surface area contributed by atoms with Gasteiger partial charge in [0.15, 0.2) is 0 Å². The molecule has 0 heterocycles. The van der Waals surface area contributed by atoms with Gasteiger partial charge in [0.05, 0.1) is 7.11 Å². The van der Waals surface area contributed by atoms with Gasteiger partial charge in [-0.3, -0.25) is 0 Å². The van der Waals surface area contributed by atoms with E-state index >= 15 is 0 Å². The van der Waals surface area contributed by atoms with Gasteiger partial charge < -0.3 is 10.1 Å². The lowest BCUT2D eigenvalue weighted by Crippen LogP contribution is -2.30. The lowest BCUT2D eigenvalue weighted by atomic mass is 9.90. The van der Waals surface area contributed by atoms with Crippen LogP contribution in [0.1, 0.15) is 31.2 Å². The van der Waals surface area contributed by atoms with Crippen molar-refractivity contribution in [3.63, 3.8) is 0 Å². The minimum Gasteiger partial charge on any atom is -0.496 e. The SMILES string of the molecule is CNC(Cc1ccccc1OC)C1=CCCCC1. The Labute approximate surface area is 110 Å².